The summed E-state index contributed by atoms with van der Waals surface area (Å²) in [6.45, 7) is 10.1. The molecule has 2 amide bonds. The van der Waals surface area contributed by atoms with Gasteiger partial charge in [-0.3, -0.25) is 19.2 Å². The van der Waals surface area contributed by atoms with Gasteiger partial charge in [-0.15, -0.1) is 0 Å². The van der Waals surface area contributed by atoms with Crippen molar-refractivity contribution in [3.8, 4) is 11.1 Å². The summed E-state index contributed by atoms with van der Waals surface area (Å²) in [6, 6.07) is 44.3. The second kappa shape index (κ2) is 26.3. The van der Waals surface area contributed by atoms with E-state index in [1.807, 2.05) is 100 Å². The number of allylic oxidation sites excluding steroid dienone is 2. The summed E-state index contributed by atoms with van der Waals surface area (Å²) in [5.41, 5.74) is 10.8. The maximum absolute atomic E-state index is 13.5. The van der Waals surface area contributed by atoms with Gasteiger partial charge < -0.3 is 39.6 Å². The molecule has 0 bridgehead atoms. The largest absolute Gasteiger partial charge is 0.487 e. The third-order valence-corrected chi connectivity index (χ3v) is 15.9. The minimum absolute atomic E-state index is 0.0123. The van der Waals surface area contributed by atoms with Crippen LogP contribution in [0, 0.1) is 0 Å². The molecule has 5 aliphatic rings. The Morgan fingerprint density at radius 1 is 0.552 bits per heavy atom. The van der Waals surface area contributed by atoms with Crippen molar-refractivity contribution in [1.82, 2.24) is 16.0 Å². The molecule has 0 aromatic heterocycles. The van der Waals surface area contributed by atoms with Crippen LogP contribution < -0.4 is 16.0 Å². The van der Waals surface area contributed by atoms with Crippen molar-refractivity contribution in [3.05, 3.63) is 201 Å². The number of esters is 2. The van der Waals surface area contributed by atoms with Crippen LogP contribution >= 0.6 is 0 Å². The highest BCUT2D eigenvalue weighted by molar-refractivity contribution is 6.55. The van der Waals surface area contributed by atoms with Crippen molar-refractivity contribution >= 4 is 75.6 Å². The zero-order valence-corrected chi connectivity index (χ0v) is 49.6. The fraction of sp³-hybridized carbons (Fsp3) is 0.300. The number of hydrogen-bond donors (Lipinski definition) is 3. The highest BCUT2D eigenvalue weighted by atomic mass is 16.6. The van der Waals surface area contributed by atoms with Crippen LogP contribution in [0.2, 0.25) is 0 Å². The minimum Gasteiger partial charge on any atom is -0.487 e. The molecule has 0 saturated heterocycles. The molecule has 2 aliphatic heterocycles. The lowest BCUT2D eigenvalue weighted by Gasteiger charge is -2.36. The minimum atomic E-state index is -0.573. The number of Topliss-reactive ketones (excluding diaryl/α,β-unsaturated/α-hetero) is 3. The molecule has 1 atom stereocenters. The summed E-state index contributed by atoms with van der Waals surface area (Å²) in [7, 11) is 1.68. The van der Waals surface area contributed by atoms with E-state index >= 15 is 0 Å². The SMILES string of the molecule is CC1(C)CCC2=C(O1)c1ccccc1C(=Nc1ccc(C(=O)OCCNC(=O)OCC3c4ccccc4-c4ccccc43)cc1)C2=O.CNC(CCC(=O)NCCOC(=O)c1ccc(N=C2C(=O)C3=C(OC(C)(C)CC3)c3ccccc32)cc1)C(C)=O. The number of rotatable bonds is 17. The van der Waals surface area contributed by atoms with Crippen LogP contribution in [0.25, 0.3) is 22.6 Å². The Bertz CT molecular complexity index is 3770. The Morgan fingerprint density at radius 2 is 0.966 bits per heavy atom. The Kier molecular flexibility index (Phi) is 18.3. The average molecular weight is 1170 g/mol. The third-order valence-electron chi connectivity index (χ3n) is 15.9. The van der Waals surface area contributed by atoms with Gasteiger partial charge in [-0.2, -0.15) is 0 Å². The summed E-state index contributed by atoms with van der Waals surface area (Å²) in [5.74, 6) is -0.328. The summed E-state index contributed by atoms with van der Waals surface area (Å²) >= 11 is 0. The second-order valence-electron chi connectivity index (χ2n) is 23.0. The Morgan fingerprint density at radius 3 is 1.40 bits per heavy atom. The van der Waals surface area contributed by atoms with Gasteiger partial charge in [-0.25, -0.2) is 24.4 Å². The zero-order chi connectivity index (χ0) is 61.4. The molecule has 3 aliphatic carbocycles. The number of carbonyl (C=O) groups is 7. The van der Waals surface area contributed by atoms with E-state index in [2.05, 4.69) is 45.2 Å². The normalized spacial score (nSPS) is 17.1. The van der Waals surface area contributed by atoms with Crippen LogP contribution in [-0.4, -0.2) is 110 Å². The first-order chi connectivity index (χ1) is 41.9. The first-order valence-electron chi connectivity index (χ1n) is 29.3. The van der Waals surface area contributed by atoms with E-state index in [9.17, 15) is 33.6 Å². The molecule has 2 heterocycles. The van der Waals surface area contributed by atoms with E-state index < -0.39 is 18.0 Å². The number of nitrogens with one attached hydrogen (secondary N) is 3. The Balaban J connectivity index is 0.000000195. The maximum Gasteiger partial charge on any atom is 0.407 e. The number of likely N-dealkylation sites (N-methyl/N-ethyl adjacent to an activating group) is 1. The fourth-order valence-electron chi connectivity index (χ4n) is 11.2. The van der Waals surface area contributed by atoms with Crippen molar-refractivity contribution < 1.29 is 57.2 Å². The number of ether oxygens (including phenoxy) is 5. The van der Waals surface area contributed by atoms with Gasteiger partial charge in [0.05, 0.1) is 41.6 Å². The molecule has 446 valence electrons. The molecule has 6 aromatic rings. The zero-order valence-electron chi connectivity index (χ0n) is 49.6. The highest BCUT2D eigenvalue weighted by Gasteiger charge is 2.40. The number of carbonyl (C=O) groups excluding carboxylic acids is 7. The number of benzene rings is 6. The van der Waals surface area contributed by atoms with Crippen LogP contribution in [0.4, 0.5) is 16.2 Å². The van der Waals surface area contributed by atoms with Gasteiger partial charge >= 0.3 is 18.0 Å². The van der Waals surface area contributed by atoms with Crippen LogP contribution in [0.5, 0.6) is 0 Å². The van der Waals surface area contributed by atoms with E-state index in [4.69, 9.17) is 28.7 Å². The lowest BCUT2D eigenvalue weighted by Crippen LogP contribution is -2.35. The number of nitrogens with zero attached hydrogens (tertiary/aromatic N) is 2. The summed E-state index contributed by atoms with van der Waals surface area (Å²) < 4.78 is 28.6. The Labute approximate surface area is 505 Å². The van der Waals surface area contributed by atoms with Gasteiger partial charge in [-0.1, -0.05) is 97.1 Å². The van der Waals surface area contributed by atoms with Gasteiger partial charge in [0.2, 0.25) is 17.5 Å². The fourth-order valence-corrected chi connectivity index (χ4v) is 11.2. The van der Waals surface area contributed by atoms with Crippen molar-refractivity contribution in [1.29, 1.82) is 0 Å². The standard InChI is InChI=1S/C39H34N2O6.C31H35N3O6/c1-39(2)20-19-32-35(42)34(30-13-7-8-14-31(30)36(32)47-39)41-25-17-15-24(16-18-25)37(43)45-22-21-40-38(44)46-23-33-28-11-5-3-9-26(28)27-10-4-6-12-29(27)33;1-19(35)25(32-4)13-14-26(36)33-17-18-39-30(38)20-9-11-21(12-10-20)34-27-22-7-5-6-8-23(22)29-24(28(27)37)15-16-31(2,3)40-29/h3-18,33H,19-23H2,1-2H3,(H,40,44);5-12,25,32H,13-18H2,1-4H3,(H,33,36). The molecule has 3 N–H and O–H groups in total. The molecule has 0 spiro atoms. The number of fused-ring (bicyclic) bond motifs is 7. The van der Waals surface area contributed by atoms with Gasteiger partial charge in [0.15, 0.2) is 0 Å². The molecule has 0 radical (unpaired) electrons. The predicted octanol–water partition coefficient (Wildman–Crippen LogP) is 11.3. The van der Waals surface area contributed by atoms with Crippen molar-refractivity contribution in [2.45, 2.75) is 96.3 Å². The first-order valence-corrected chi connectivity index (χ1v) is 29.3. The lowest BCUT2D eigenvalue weighted by molar-refractivity contribution is -0.122. The number of amides is 2. The summed E-state index contributed by atoms with van der Waals surface area (Å²) in [6.07, 6.45) is 2.74. The number of aliphatic imine (C=N–C) groups is 2. The van der Waals surface area contributed by atoms with E-state index in [-0.39, 0.29) is 85.7 Å². The molecule has 0 saturated carbocycles. The van der Waals surface area contributed by atoms with Gasteiger partial charge in [0, 0.05) is 45.7 Å². The van der Waals surface area contributed by atoms with Crippen LogP contribution in [0.15, 0.2) is 167 Å². The van der Waals surface area contributed by atoms with E-state index in [0.717, 1.165) is 57.3 Å². The van der Waals surface area contributed by atoms with Gasteiger partial charge in [0.1, 0.15) is 59.7 Å². The quantitative estimate of drug-likeness (QED) is 0.0439. The number of ketones is 3. The third kappa shape index (κ3) is 13.9. The summed E-state index contributed by atoms with van der Waals surface area (Å²) in [5, 5.41) is 8.21. The monoisotopic (exact) mass is 1170 g/mol. The second-order valence-corrected chi connectivity index (χ2v) is 23.0. The van der Waals surface area contributed by atoms with Crippen LogP contribution in [0.1, 0.15) is 133 Å². The first kappa shape index (κ1) is 60.5. The Hall–Kier alpha value is -9.61. The van der Waals surface area contributed by atoms with Crippen molar-refractivity contribution in [2.24, 2.45) is 9.98 Å². The number of alkyl carbamates (subject to hydrolysis) is 1. The molecule has 17 nitrogen and oxygen atoms in total. The molecule has 0 fully saturated rings. The van der Waals surface area contributed by atoms with Crippen LogP contribution in [0.3, 0.4) is 0 Å². The molecule has 6 aromatic carbocycles. The van der Waals surface area contributed by atoms with Gasteiger partial charge in [-0.05, 0) is 145 Å². The molecule has 87 heavy (non-hydrogen) atoms. The lowest BCUT2D eigenvalue weighted by atomic mass is 9.82. The smallest absolute Gasteiger partial charge is 0.407 e. The van der Waals surface area contributed by atoms with Crippen LogP contribution in [-0.2, 0) is 42.9 Å². The number of hydrogen-bond acceptors (Lipinski definition) is 15. The summed E-state index contributed by atoms with van der Waals surface area (Å²) in [4.78, 5) is 97.3. The molecule has 1 unspecified atom stereocenters. The van der Waals surface area contributed by atoms with Crippen molar-refractivity contribution in [2.75, 3.05) is 40.0 Å². The van der Waals surface area contributed by atoms with E-state index in [1.54, 1.807) is 55.6 Å². The molecule has 11 rings (SSSR count). The van der Waals surface area contributed by atoms with Gasteiger partial charge in [0.25, 0.3) is 0 Å². The maximum atomic E-state index is 13.5. The predicted molar refractivity (Wildman–Crippen MR) is 330 cm³/mol. The molecule has 17 heteroatoms. The average Bonchev–Trinajstić information content (AvgIpc) is 1.40. The topological polar surface area (TPSA) is 226 Å². The van der Waals surface area contributed by atoms with E-state index in [1.165, 1.54) is 6.92 Å². The van der Waals surface area contributed by atoms with Crippen molar-refractivity contribution in [3.63, 3.8) is 0 Å². The van der Waals surface area contributed by atoms with E-state index in [0.29, 0.717) is 75.9 Å². The molecular formula is C70H69N5O12. The molecular weight excluding hydrogens is 1100 g/mol. The highest BCUT2D eigenvalue weighted by Crippen LogP contribution is 2.46.